The number of benzene rings is 2. The number of amides is 2. The van der Waals surface area contributed by atoms with Crippen molar-refractivity contribution in [2.45, 2.75) is 30.7 Å². The monoisotopic (exact) mass is 590 g/mol. The van der Waals surface area contributed by atoms with Gasteiger partial charge in [-0.05, 0) is 68.2 Å². The molecule has 1 atom stereocenters. The quantitative estimate of drug-likeness (QED) is 0.532. The van der Waals surface area contributed by atoms with Crippen molar-refractivity contribution in [1.29, 1.82) is 0 Å². The summed E-state index contributed by atoms with van der Waals surface area (Å²) in [5, 5.41) is 3.61. The van der Waals surface area contributed by atoms with Crippen LogP contribution < -0.4 is 10.1 Å². The number of carbonyl (C=O) groups is 2. The van der Waals surface area contributed by atoms with Gasteiger partial charge in [0.15, 0.2) is 0 Å². The Morgan fingerprint density at radius 3 is 2.55 bits per heavy atom. The first-order valence-electron chi connectivity index (χ1n) is 13.6. The maximum absolute atomic E-state index is 14.9. The zero-order valence-electron chi connectivity index (χ0n) is 22.2. The largest absolute Gasteiger partial charge is 0.492 e. The first kappa shape index (κ1) is 27.4. The number of nitrogens with zero attached hydrogens (tertiary/aromatic N) is 3. The van der Waals surface area contributed by atoms with E-state index in [9.17, 15) is 22.4 Å². The molecule has 6 rings (SSSR count). The summed E-state index contributed by atoms with van der Waals surface area (Å²) >= 11 is 6.20. The van der Waals surface area contributed by atoms with Crippen LogP contribution in [0, 0.1) is 11.7 Å². The van der Waals surface area contributed by atoms with E-state index in [1.54, 1.807) is 17.0 Å². The van der Waals surface area contributed by atoms with Crippen LogP contribution in [-0.2, 0) is 20.2 Å². The minimum Gasteiger partial charge on any atom is -0.492 e. The third kappa shape index (κ3) is 4.87. The number of carbonyl (C=O) groups excluding carboxylic acids is 2. The fourth-order valence-corrected chi connectivity index (χ4v) is 7.48. The Morgan fingerprint density at radius 2 is 1.90 bits per heavy atom. The van der Waals surface area contributed by atoms with Crippen LogP contribution in [0.15, 0.2) is 36.4 Å². The zero-order chi connectivity index (χ0) is 28.2. The molecule has 0 bridgehead atoms. The summed E-state index contributed by atoms with van der Waals surface area (Å²) in [5.41, 5.74) is 1.25. The smallest absolute Gasteiger partial charge is 0.257 e. The lowest BCUT2D eigenvalue weighted by Crippen LogP contribution is -2.64. The summed E-state index contributed by atoms with van der Waals surface area (Å²) < 4.78 is 45.4. The highest BCUT2D eigenvalue weighted by Crippen LogP contribution is 2.45. The van der Waals surface area contributed by atoms with Gasteiger partial charge in [-0.3, -0.25) is 14.5 Å². The number of anilines is 1. The number of nitrogens with one attached hydrogen (secondary N) is 1. The van der Waals surface area contributed by atoms with Crippen molar-refractivity contribution >= 4 is 39.1 Å². The van der Waals surface area contributed by atoms with Gasteiger partial charge in [0.1, 0.15) is 18.2 Å². The van der Waals surface area contributed by atoms with Crippen molar-refractivity contribution in [2.24, 2.45) is 5.92 Å². The molecule has 1 spiro atoms. The maximum Gasteiger partial charge on any atom is 0.257 e. The molecular weight excluding hydrogens is 559 g/mol. The lowest BCUT2D eigenvalue weighted by Gasteiger charge is -2.51. The Labute approximate surface area is 238 Å². The normalized spacial score (nSPS) is 22.9. The molecule has 1 N–H and O–H groups in total. The van der Waals surface area contributed by atoms with Gasteiger partial charge < -0.3 is 15.0 Å². The molecule has 4 aliphatic heterocycles. The molecule has 214 valence electrons. The molecule has 0 aromatic heterocycles. The second-order valence-corrected chi connectivity index (χ2v) is 13.7. The lowest BCUT2D eigenvalue weighted by atomic mass is 9.73. The highest BCUT2D eigenvalue weighted by molar-refractivity contribution is 7.88. The van der Waals surface area contributed by atoms with E-state index in [2.05, 4.69) is 10.2 Å². The van der Waals surface area contributed by atoms with Gasteiger partial charge in [0.05, 0.1) is 17.2 Å². The Hall–Kier alpha value is -2.73. The molecule has 12 heteroatoms. The van der Waals surface area contributed by atoms with E-state index in [0.29, 0.717) is 56.4 Å². The van der Waals surface area contributed by atoms with Crippen LogP contribution in [0.5, 0.6) is 5.75 Å². The first-order valence-corrected chi connectivity index (χ1v) is 15.8. The van der Waals surface area contributed by atoms with E-state index in [1.165, 1.54) is 22.7 Å². The number of rotatable bonds is 7. The van der Waals surface area contributed by atoms with E-state index in [0.717, 1.165) is 30.8 Å². The highest BCUT2D eigenvalue weighted by Gasteiger charge is 2.48. The Balaban J connectivity index is 0.993. The minimum absolute atomic E-state index is 0.00658. The SMILES string of the molecule is CS(=O)(=O)N1CC(C2CCN2C(=O)c2ccc(OCCN3CCC4(CC3)C(=O)Nc3ccc(Cl)cc34)cc2F)C1. The molecule has 0 radical (unpaired) electrons. The number of fused-ring (bicyclic) bond motifs is 2. The van der Waals surface area contributed by atoms with Crippen LogP contribution in [0.25, 0.3) is 0 Å². The molecule has 3 saturated heterocycles. The molecule has 1 unspecified atom stereocenters. The van der Waals surface area contributed by atoms with Crippen LogP contribution in [0.4, 0.5) is 10.1 Å². The van der Waals surface area contributed by atoms with Gasteiger partial charge in [-0.15, -0.1) is 0 Å². The number of sulfonamides is 1. The molecule has 0 aliphatic carbocycles. The predicted octanol–water partition coefficient (Wildman–Crippen LogP) is 2.95. The van der Waals surface area contributed by atoms with E-state index in [4.69, 9.17) is 16.3 Å². The van der Waals surface area contributed by atoms with Crippen molar-refractivity contribution in [1.82, 2.24) is 14.1 Å². The third-order valence-electron chi connectivity index (χ3n) is 8.95. The van der Waals surface area contributed by atoms with Crippen molar-refractivity contribution < 1.29 is 27.1 Å². The predicted molar refractivity (Wildman–Crippen MR) is 149 cm³/mol. The zero-order valence-corrected chi connectivity index (χ0v) is 23.8. The number of piperidine rings is 1. The summed E-state index contributed by atoms with van der Waals surface area (Å²) in [6.45, 7) is 3.76. The molecule has 4 heterocycles. The van der Waals surface area contributed by atoms with Crippen LogP contribution >= 0.6 is 11.6 Å². The van der Waals surface area contributed by atoms with Crippen molar-refractivity contribution in [3.8, 4) is 5.75 Å². The minimum atomic E-state index is -3.22. The third-order valence-corrected chi connectivity index (χ3v) is 10.4. The molecule has 4 aliphatic rings. The van der Waals surface area contributed by atoms with Gasteiger partial charge in [0, 0.05) is 54.9 Å². The second-order valence-electron chi connectivity index (χ2n) is 11.3. The Kier molecular flexibility index (Phi) is 7.05. The standard InChI is InChI=1S/C28H32ClFN4O5S/c1-40(37,38)33-16-18(17-33)25-6-9-34(25)26(35)21-4-3-20(15-23(21)30)39-13-12-32-10-7-28(8-11-32)22-14-19(29)2-5-24(22)31-27(28)36/h2-5,14-15,18,25H,6-13,16-17H2,1H3,(H,31,36). The Bertz CT molecular complexity index is 1460. The number of hydrogen-bond donors (Lipinski definition) is 1. The molecule has 40 heavy (non-hydrogen) atoms. The summed E-state index contributed by atoms with van der Waals surface area (Å²) in [7, 11) is -3.22. The molecule has 0 saturated carbocycles. The van der Waals surface area contributed by atoms with Gasteiger partial charge in [0.25, 0.3) is 5.91 Å². The number of halogens is 2. The average Bonchev–Trinajstić information content (AvgIpc) is 3.11. The van der Waals surface area contributed by atoms with E-state index < -0.39 is 21.3 Å². The van der Waals surface area contributed by atoms with Gasteiger partial charge in [-0.1, -0.05) is 11.6 Å². The second kappa shape index (κ2) is 10.3. The van der Waals surface area contributed by atoms with Gasteiger partial charge in [-0.25, -0.2) is 17.1 Å². The summed E-state index contributed by atoms with van der Waals surface area (Å²) in [6.07, 6.45) is 3.34. The topological polar surface area (TPSA) is 99.3 Å². The molecule has 2 aromatic rings. The molecule has 2 aromatic carbocycles. The Morgan fingerprint density at radius 1 is 1.15 bits per heavy atom. The average molecular weight is 591 g/mol. The first-order chi connectivity index (χ1) is 19.0. The van der Waals surface area contributed by atoms with Crippen LogP contribution in [0.3, 0.4) is 0 Å². The van der Waals surface area contributed by atoms with Crippen LogP contribution in [-0.4, -0.2) is 92.5 Å². The van der Waals surface area contributed by atoms with Crippen LogP contribution in [0.1, 0.15) is 35.2 Å². The summed E-state index contributed by atoms with van der Waals surface area (Å²) in [4.78, 5) is 29.7. The van der Waals surface area contributed by atoms with E-state index >= 15 is 0 Å². The number of likely N-dealkylation sites (tertiary alicyclic amines) is 2. The fraction of sp³-hybridized carbons (Fsp3) is 0.500. The molecule has 3 fully saturated rings. The molecular formula is C28H32ClFN4O5S. The van der Waals surface area contributed by atoms with Gasteiger partial charge in [-0.2, -0.15) is 0 Å². The number of ether oxygens (including phenoxy) is 1. The molecule has 2 amide bonds. The maximum atomic E-state index is 14.9. The highest BCUT2D eigenvalue weighted by atomic mass is 35.5. The molecule has 9 nitrogen and oxygen atoms in total. The van der Waals surface area contributed by atoms with Crippen molar-refractivity contribution in [3.63, 3.8) is 0 Å². The van der Waals surface area contributed by atoms with Crippen molar-refractivity contribution in [3.05, 3.63) is 58.4 Å². The van der Waals surface area contributed by atoms with Crippen LogP contribution in [0.2, 0.25) is 5.02 Å². The van der Waals surface area contributed by atoms with E-state index in [1.807, 2.05) is 12.1 Å². The van der Waals surface area contributed by atoms with Crippen molar-refractivity contribution in [2.75, 3.05) is 57.4 Å². The summed E-state index contributed by atoms with van der Waals surface area (Å²) in [6, 6.07) is 9.76. The van der Waals surface area contributed by atoms with E-state index in [-0.39, 0.29) is 29.3 Å². The summed E-state index contributed by atoms with van der Waals surface area (Å²) in [5.74, 6) is -0.551. The fourth-order valence-electron chi connectivity index (χ4n) is 6.38. The lowest BCUT2D eigenvalue weighted by molar-refractivity contribution is -0.122. The van der Waals surface area contributed by atoms with Gasteiger partial charge in [0.2, 0.25) is 15.9 Å². The van der Waals surface area contributed by atoms with Gasteiger partial charge >= 0.3 is 0 Å². The number of hydrogen-bond acceptors (Lipinski definition) is 6.